The normalized spacial score (nSPS) is 14.2. The number of rotatable bonds is 7. The smallest absolute Gasteiger partial charge is 0.335 e. The fourth-order valence-electron chi connectivity index (χ4n) is 3.64. The van der Waals surface area contributed by atoms with Crippen LogP contribution in [0.2, 0.25) is 0 Å². The lowest BCUT2D eigenvalue weighted by Gasteiger charge is -2.15. The molecule has 1 N–H and O–H groups in total. The largest absolute Gasteiger partial charge is 0.493 e. The number of hydrogen-bond donors (Lipinski definition) is 1. The summed E-state index contributed by atoms with van der Waals surface area (Å²) < 4.78 is 81.0. The number of carboxylic acid groups (broad SMARTS) is 1. The van der Waals surface area contributed by atoms with Gasteiger partial charge in [0.1, 0.15) is 12.3 Å². The summed E-state index contributed by atoms with van der Waals surface area (Å²) in [7, 11) is 1.37. The lowest BCUT2D eigenvalue weighted by molar-refractivity contribution is -0.114. The lowest BCUT2D eigenvalue weighted by Crippen LogP contribution is -2.25. The molecule has 3 aromatic rings. The van der Waals surface area contributed by atoms with Crippen molar-refractivity contribution >= 4 is 45.3 Å². The summed E-state index contributed by atoms with van der Waals surface area (Å²) in [4.78, 5) is 23.9. The van der Waals surface area contributed by atoms with Crippen molar-refractivity contribution < 1.29 is 46.1 Å². The molecular weight excluding hydrogens is 595 g/mol. The van der Waals surface area contributed by atoms with Crippen LogP contribution in [-0.2, 0) is 11.4 Å². The molecule has 0 saturated heterocycles. The number of carbonyl (C=O) groups excluding carboxylic acids is 1. The number of nitrogens with zero attached hydrogens (tertiary/aromatic N) is 2. The zero-order chi connectivity index (χ0) is 28.6. The van der Waals surface area contributed by atoms with Gasteiger partial charge >= 0.3 is 5.97 Å². The van der Waals surface area contributed by atoms with E-state index >= 15 is 0 Å². The van der Waals surface area contributed by atoms with Gasteiger partial charge in [0, 0.05) is 0 Å². The summed E-state index contributed by atoms with van der Waals surface area (Å²) in [5.74, 6) is -12.8. The van der Waals surface area contributed by atoms with Crippen LogP contribution in [0.25, 0.3) is 6.08 Å². The van der Waals surface area contributed by atoms with E-state index in [2.05, 4.69) is 21.0 Å². The van der Waals surface area contributed by atoms with Crippen molar-refractivity contribution in [3.05, 3.63) is 92.2 Å². The molecule has 39 heavy (non-hydrogen) atoms. The molecular formula is C26H16BrF5N2O5. The summed E-state index contributed by atoms with van der Waals surface area (Å²) in [5.41, 5.74) is -0.540. The highest BCUT2D eigenvalue weighted by Crippen LogP contribution is 2.39. The van der Waals surface area contributed by atoms with E-state index in [4.69, 9.17) is 14.6 Å². The molecule has 0 radical (unpaired) electrons. The Kier molecular flexibility index (Phi) is 7.72. The molecule has 0 saturated carbocycles. The lowest BCUT2D eigenvalue weighted by atomic mass is 10.1. The van der Waals surface area contributed by atoms with Crippen LogP contribution in [0, 0.1) is 29.1 Å². The average molecular weight is 611 g/mol. The molecule has 1 aliphatic heterocycles. The van der Waals surface area contributed by atoms with Crippen molar-refractivity contribution in [3.8, 4) is 11.5 Å². The molecule has 0 aromatic heterocycles. The van der Waals surface area contributed by atoms with Crippen molar-refractivity contribution in [2.24, 2.45) is 5.10 Å². The molecule has 0 bridgehead atoms. The quantitative estimate of drug-likeness (QED) is 0.148. The Labute approximate surface area is 225 Å². The van der Waals surface area contributed by atoms with Gasteiger partial charge in [0.05, 0.1) is 28.4 Å². The second-order valence-corrected chi connectivity index (χ2v) is 8.96. The zero-order valence-electron chi connectivity index (χ0n) is 20.0. The molecule has 0 aliphatic carbocycles. The minimum atomic E-state index is -2.35. The molecule has 3 aromatic carbocycles. The van der Waals surface area contributed by atoms with Gasteiger partial charge in [-0.1, -0.05) is 12.1 Å². The van der Waals surface area contributed by atoms with Crippen molar-refractivity contribution in [1.82, 2.24) is 0 Å². The number of amides is 1. The number of halogens is 6. The minimum absolute atomic E-state index is 0.0378. The second kappa shape index (κ2) is 10.8. The summed E-state index contributed by atoms with van der Waals surface area (Å²) in [5, 5.41) is 12.8. The first-order chi connectivity index (χ1) is 18.4. The highest BCUT2D eigenvalue weighted by molar-refractivity contribution is 9.10. The first-order valence-electron chi connectivity index (χ1n) is 10.9. The third-order valence-corrected chi connectivity index (χ3v) is 6.20. The Morgan fingerprint density at radius 1 is 1.03 bits per heavy atom. The van der Waals surface area contributed by atoms with E-state index in [9.17, 15) is 31.5 Å². The first kappa shape index (κ1) is 27.8. The summed E-state index contributed by atoms with van der Waals surface area (Å²) >= 11 is 3.36. The SMILES string of the molecule is COc1cc(/C=C2/C(=O)N(c3c(F)c(F)c(F)c(F)c3F)N=C2C)cc(Br)c1OCc1ccc(C(=O)O)cc1. The van der Waals surface area contributed by atoms with Crippen LogP contribution in [0.3, 0.4) is 0 Å². The van der Waals surface area contributed by atoms with E-state index in [-0.39, 0.29) is 40.0 Å². The molecule has 13 heteroatoms. The molecule has 0 unspecified atom stereocenters. The Bertz CT molecular complexity index is 1550. The molecule has 0 spiro atoms. The van der Waals surface area contributed by atoms with Crippen LogP contribution in [0.5, 0.6) is 11.5 Å². The molecule has 0 atom stereocenters. The fraction of sp³-hybridized carbons (Fsp3) is 0.115. The Morgan fingerprint density at radius 3 is 2.18 bits per heavy atom. The van der Waals surface area contributed by atoms with Crippen LogP contribution < -0.4 is 14.5 Å². The van der Waals surface area contributed by atoms with Crippen LogP contribution in [0.15, 0.2) is 51.5 Å². The van der Waals surface area contributed by atoms with E-state index in [0.717, 1.165) is 0 Å². The number of benzene rings is 3. The number of hydrogen-bond acceptors (Lipinski definition) is 5. The highest BCUT2D eigenvalue weighted by Gasteiger charge is 2.37. The maximum absolute atomic E-state index is 14.3. The molecule has 4 rings (SSSR count). The average Bonchev–Trinajstić information content (AvgIpc) is 3.18. The van der Waals surface area contributed by atoms with Gasteiger partial charge in [-0.15, -0.1) is 0 Å². The van der Waals surface area contributed by atoms with Gasteiger partial charge in [-0.25, -0.2) is 26.7 Å². The number of methoxy groups -OCH3 is 1. The maximum Gasteiger partial charge on any atom is 0.335 e. The number of aromatic carboxylic acids is 1. The predicted octanol–water partition coefficient (Wildman–Crippen LogP) is 6.24. The topological polar surface area (TPSA) is 88.4 Å². The van der Waals surface area contributed by atoms with Gasteiger partial charge < -0.3 is 14.6 Å². The van der Waals surface area contributed by atoms with Crippen LogP contribution in [-0.4, -0.2) is 29.8 Å². The van der Waals surface area contributed by atoms with Gasteiger partial charge in [0.2, 0.25) is 5.82 Å². The van der Waals surface area contributed by atoms with Crippen molar-refractivity contribution in [2.45, 2.75) is 13.5 Å². The Morgan fingerprint density at radius 2 is 1.62 bits per heavy atom. The number of carboxylic acids is 1. The minimum Gasteiger partial charge on any atom is -0.493 e. The summed E-state index contributed by atoms with van der Waals surface area (Å²) in [6, 6.07) is 9.07. The summed E-state index contributed by atoms with van der Waals surface area (Å²) in [6.45, 7) is 1.39. The maximum atomic E-state index is 14.3. The van der Waals surface area contributed by atoms with Gasteiger partial charge in [-0.05, 0) is 64.3 Å². The van der Waals surface area contributed by atoms with Crippen LogP contribution in [0.4, 0.5) is 27.6 Å². The van der Waals surface area contributed by atoms with E-state index in [0.29, 0.717) is 15.6 Å². The standard InChI is InChI=1S/C26H16BrF5N2O5/c1-11-15(25(35)34(33-11)23-21(31)19(29)18(28)20(30)22(23)32)7-13-8-16(27)24(17(9-13)38-2)39-10-12-3-5-14(6-4-12)26(36)37/h3-9H,10H2,1-2H3,(H,36,37)/b15-7+. The zero-order valence-corrected chi connectivity index (χ0v) is 21.6. The monoisotopic (exact) mass is 610 g/mol. The first-order valence-corrected chi connectivity index (χ1v) is 11.7. The second-order valence-electron chi connectivity index (χ2n) is 8.10. The van der Waals surface area contributed by atoms with Crippen molar-refractivity contribution in [2.75, 3.05) is 12.1 Å². The van der Waals surface area contributed by atoms with Gasteiger partial charge in [-0.2, -0.15) is 10.1 Å². The third-order valence-electron chi connectivity index (χ3n) is 5.61. The molecule has 0 fully saturated rings. The van der Waals surface area contributed by atoms with Crippen LogP contribution >= 0.6 is 15.9 Å². The Hall–Kier alpha value is -4.26. The molecule has 1 aliphatic rings. The van der Waals surface area contributed by atoms with Gasteiger partial charge in [-0.3, -0.25) is 4.79 Å². The number of hydrazone groups is 1. The predicted molar refractivity (Wildman–Crippen MR) is 133 cm³/mol. The third kappa shape index (κ3) is 5.21. The Balaban J connectivity index is 1.62. The summed E-state index contributed by atoms with van der Waals surface area (Å²) in [6.07, 6.45) is 1.30. The van der Waals surface area contributed by atoms with E-state index in [1.807, 2.05) is 0 Å². The molecule has 202 valence electrons. The molecule has 1 heterocycles. The van der Waals surface area contributed by atoms with E-state index < -0.39 is 46.6 Å². The van der Waals surface area contributed by atoms with E-state index in [1.165, 1.54) is 38.3 Å². The molecule has 7 nitrogen and oxygen atoms in total. The van der Waals surface area contributed by atoms with Crippen molar-refractivity contribution in [1.29, 1.82) is 0 Å². The van der Waals surface area contributed by atoms with Crippen LogP contribution in [0.1, 0.15) is 28.4 Å². The number of carbonyl (C=O) groups is 2. The number of ether oxygens (including phenoxy) is 2. The fourth-order valence-corrected chi connectivity index (χ4v) is 4.22. The highest BCUT2D eigenvalue weighted by atomic mass is 79.9. The van der Waals surface area contributed by atoms with Gasteiger partial charge in [0.15, 0.2) is 34.8 Å². The van der Waals surface area contributed by atoms with Gasteiger partial charge in [0.25, 0.3) is 5.91 Å². The van der Waals surface area contributed by atoms with E-state index in [1.54, 1.807) is 18.2 Å². The number of anilines is 1. The molecule has 1 amide bonds. The van der Waals surface area contributed by atoms with Crippen molar-refractivity contribution in [3.63, 3.8) is 0 Å².